The Bertz CT molecular complexity index is 397. The molecule has 0 aromatic rings. The fourth-order valence-electron chi connectivity index (χ4n) is 0. The van der Waals surface area contributed by atoms with Crippen molar-refractivity contribution < 1.29 is 24.0 Å². The molecular weight excluding hydrogens is 390 g/mol. The van der Waals surface area contributed by atoms with E-state index >= 15 is 0 Å². The van der Waals surface area contributed by atoms with Crippen LogP contribution in [-0.4, -0.2) is 125 Å². The molecule has 0 aliphatic heterocycles. The maximum absolute atomic E-state index is 10.1. The predicted octanol–water partition coefficient (Wildman–Crippen LogP) is 0.473. The molecule has 0 heterocycles. The summed E-state index contributed by atoms with van der Waals surface area (Å²) in [6.07, 6.45) is 0. The molecule has 180 valence electrons. The third kappa shape index (κ3) is 49.9. The van der Waals surface area contributed by atoms with Gasteiger partial charge in [0.05, 0.1) is 0 Å². The van der Waals surface area contributed by atoms with Gasteiger partial charge in [-0.25, -0.2) is 0 Å². The fraction of sp³-hybridized carbons (Fsp3) is 0.750. The molecule has 10 heteroatoms. The van der Waals surface area contributed by atoms with E-state index in [9.17, 15) is 24.0 Å². The number of rotatable bonds is 0. The van der Waals surface area contributed by atoms with Crippen molar-refractivity contribution in [2.45, 2.75) is 34.6 Å². The van der Waals surface area contributed by atoms with E-state index in [1.54, 1.807) is 70.5 Å². The van der Waals surface area contributed by atoms with Crippen molar-refractivity contribution in [3.8, 4) is 0 Å². The quantitative estimate of drug-likeness (QED) is 0.551. The van der Waals surface area contributed by atoms with Gasteiger partial charge in [0.15, 0.2) is 0 Å². The summed E-state index contributed by atoms with van der Waals surface area (Å²) < 4.78 is 0. The first-order valence-electron chi connectivity index (χ1n) is 9.11. The maximum Gasteiger partial charge on any atom is 0.218 e. The molecule has 0 saturated carbocycles. The maximum atomic E-state index is 10.1. The first-order chi connectivity index (χ1) is 13.2. The van der Waals surface area contributed by atoms with E-state index in [1.807, 2.05) is 0 Å². The van der Waals surface area contributed by atoms with Crippen LogP contribution in [0.15, 0.2) is 0 Å². The second kappa shape index (κ2) is 22.6. The highest BCUT2D eigenvalue weighted by molar-refractivity contribution is 5.73. The minimum Gasteiger partial charge on any atom is -0.349 e. The summed E-state index contributed by atoms with van der Waals surface area (Å²) in [7, 11) is 17.2. The lowest BCUT2D eigenvalue weighted by atomic mass is 10.7. The second-order valence-corrected chi connectivity index (χ2v) is 7.07. The average Bonchev–Trinajstić information content (AvgIpc) is 2.56. The zero-order chi connectivity index (χ0) is 25.8. The standard InChI is InChI=1S/5C4H9NO/c5*1-4(6)5(2)3/h5*1-3H3. The number of hydrogen-bond acceptors (Lipinski definition) is 5. The topological polar surface area (TPSA) is 102 Å². The molecule has 0 bridgehead atoms. The molecule has 0 N–H and O–H groups in total. The van der Waals surface area contributed by atoms with E-state index in [2.05, 4.69) is 0 Å². The summed E-state index contributed by atoms with van der Waals surface area (Å²) in [5.74, 6) is 0.463. The average molecular weight is 436 g/mol. The van der Waals surface area contributed by atoms with Gasteiger partial charge in [-0.1, -0.05) is 0 Å². The number of nitrogens with zero attached hydrogens (tertiary/aromatic N) is 5. The number of hydrogen-bond donors (Lipinski definition) is 0. The molecule has 5 amide bonds. The molecule has 30 heavy (non-hydrogen) atoms. The van der Waals surface area contributed by atoms with Crippen molar-refractivity contribution >= 4 is 29.5 Å². The van der Waals surface area contributed by atoms with E-state index < -0.39 is 0 Å². The van der Waals surface area contributed by atoms with Crippen LogP contribution in [0.1, 0.15) is 34.6 Å². The number of amides is 5. The molecular formula is C20H45N5O5. The van der Waals surface area contributed by atoms with Crippen molar-refractivity contribution in [3.05, 3.63) is 0 Å². The van der Waals surface area contributed by atoms with Gasteiger partial charge in [-0.2, -0.15) is 0 Å². The molecule has 0 radical (unpaired) electrons. The van der Waals surface area contributed by atoms with E-state index in [1.165, 1.54) is 59.1 Å². The molecule has 0 aromatic carbocycles. The summed E-state index contributed by atoms with van der Waals surface area (Å²) in [6.45, 7) is 7.64. The molecule has 0 unspecified atom stereocenters. The van der Waals surface area contributed by atoms with E-state index in [4.69, 9.17) is 0 Å². The molecule has 0 saturated heterocycles. The summed E-state index contributed by atoms with van der Waals surface area (Å²) >= 11 is 0. The largest absolute Gasteiger partial charge is 0.349 e. The van der Waals surface area contributed by atoms with E-state index in [0.29, 0.717) is 0 Å². The van der Waals surface area contributed by atoms with E-state index in [-0.39, 0.29) is 29.5 Å². The third-order valence-corrected chi connectivity index (χ3v) is 3.15. The normalized spacial score (nSPS) is 7.83. The van der Waals surface area contributed by atoms with Crippen LogP contribution in [0.3, 0.4) is 0 Å². The molecule has 0 fully saturated rings. The minimum atomic E-state index is 0.0926. The summed E-state index contributed by atoms with van der Waals surface area (Å²) in [6, 6.07) is 0. The number of carbonyl (C=O) groups is 5. The van der Waals surface area contributed by atoms with Gasteiger partial charge in [-0.3, -0.25) is 24.0 Å². The zero-order valence-electron chi connectivity index (χ0n) is 21.8. The molecule has 10 nitrogen and oxygen atoms in total. The highest BCUT2D eigenvalue weighted by Crippen LogP contribution is 1.71. The summed E-state index contributed by atoms with van der Waals surface area (Å²) in [4.78, 5) is 58.0. The van der Waals surface area contributed by atoms with Crippen LogP contribution < -0.4 is 0 Å². The Labute approximate surface area is 183 Å². The lowest BCUT2D eigenvalue weighted by molar-refractivity contribution is -0.127. The van der Waals surface area contributed by atoms with Crippen molar-refractivity contribution in [2.75, 3.05) is 70.5 Å². The van der Waals surface area contributed by atoms with Gasteiger partial charge in [0, 0.05) is 105 Å². The monoisotopic (exact) mass is 435 g/mol. The molecule has 0 spiro atoms. The van der Waals surface area contributed by atoms with E-state index in [0.717, 1.165) is 0 Å². The Balaban J connectivity index is -0.0000000868. The summed E-state index contributed by atoms with van der Waals surface area (Å²) in [5, 5.41) is 0. The molecule has 0 aliphatic carbocycles. The zero-order valence-corrected chi connectivity index (χ0v) is 21.8. The molecule has 0 atom stereocenters. The first-order valence-corrected chi connectivity index (χ1v) is 9.11. The Hall–Kier alpha value is -2.65. The second-order valence-electron chi connectivity index (χ2n) is 7.07. The Morgan fingerprint density at radius 1 is 0.300 bits per heavy atom. The van der Waals surface area contributed by atoms with Gasteiger partial charge in [0.1, 0.15) is 0 Å². The van der Waals surface area contributed by atoms with Crippen LogP contribution in [0.2, 0.25) is 0 Å². The van der Waals surface area contributed by atoms with Crippen molar-refractivity contribution in [1.82, 2.24) is 24.5 Å². The lowest BCUT2D eigenvalue weighted by Crippen LogP contribution is -2.17. The molecule has 0 aliphatic rings. The minimum absolute atomic E-state index is 0.0926. The van der Waals surface area contributed by atoms with Crippen molar-refractivity contribution in [3.63, 3.8) is 0 Å². The lowest BCUT2D eigenvalue weighted by Gasteiger charge is -2.02. The van der Waals surface area contributed by atoms with Gasteiger partial charge >= 0.3 is 0 Å². The van der Waals surface area contributed by atoms with Gasteiger partial charge in [0.2, 0.25) is 29.5 Å². The fourth-order valence-corrected chi connectivity index (χ4v) is 0. The van der Waals surface area contributed by atoms with Crippen LogP contribution in [-0.2, 0) is 24.0 Å². The highest BCUT2D eigenvalue weighted by Gasteiger charge is 1.89. The Kier molecular flexibility index (Phi) is 28.7. The predicted molar refractivity (Wildman–Crippen MR) is 122 cm³/mol. The van der Waals surface area contributed by atoms with Crippen LogP contribution in [0.4, 0.5) is 0 Å². The van der Waals surface area contributed by atoms with Gasteiger partial charge in [-0.05, 0) is 0 Å². The third-order valence-electron chi connectivity index (χ3n) is 3.15. The highest BCUT2D eigenvalue weighted by atomic mass is 16.2. The van der Waals surface area contributed by atoms with Crippen LogP contribution in [0.5, 0.6) is 0 Å². The van der Waals surface area contributed by atoms with Crippen molar-refractivity contribution in [2.24, 2.45) is 0 Å². The van der Waals surface area contributed by atoms with Crippen LogP contribution in [0.25, 0.3) is 0 Å². The Morgan fingerprint density at radius 2 is 0.333 bits per heavy atom. The smallest absolute Gasteiger partial charge is 0.218 e. The van der Waals surface area contributed by atoms with Crippen LogP contribution in [0, 0.1) is 0 Å². The van der Waals surface area contributed by atoms with Gasteiger partial charge in [0.25, 0.3) is 0 Å². The van der Waals surface area contributed by atoms with Gasteiger partial charge in [-0.15, -0.1) is 0 Å². The van der Waals surface area contributed by atoms with Crippen LogP contribution >= 0.6 is 0 Å². The Morgan fingerprint density at radius 3 is 0.333 bits per heavy atom. The molecule has 0 aromatic heterocycles. The first kappa shape index (κ1) is 38.0. The SMILES string of the molecule is CC(=O)N(C)C.CC(=O)N(C)C.CC(=O)N(C)C.CC(=O)N(C)C.CC(=O)N(C)C. The molecule has 0 rings (SSSR count). The van der Waals surface area contributed by atoms with Gasteiger partial charge < -0.3 is 24.5 Å². The van der Waals surface area contributed by atoms with Crippen molar-refractivity contribution in [1.29, 1.82) is 0 Å². The summed E-state index contributed by atoms with van der Waals surface area (Å²) in [5.41, 5.74) is 0. The number of carbonyl (C=O) groups excluding carboxylic acids is 5.